The van der Waals surface area contributed by atoms with E-state index in [2.05, 4.69) is 31.0 Å². The Labute approximate surface area is 111 Å². The first-order chi connectivity index (χ1) is 8.42. The van der Waals surface area contributed by atoms with Crippen molar-refractivity contribution in [2.24, 2.45) is 11.8 Å². The molecule has 4 nitrogen and oxygen atoms in total. The van der Waals surface area contributed by atoms with Crippen molar-refractivity contribution in [1.29, 1.82) is 0 Å². The van der Waals surface area contributed by atoms with E-state index < -0.39 is 11.5 Å². The molecule has 0 aromatic rings. The molecule has 4 heteroatoms. The smallest absolute Gasteiger partial charge is 0.325 e. The molecule has 1 aliphatic carbocycles. The second-order valence-corrected chi connectivity index (χ2v) is 6.07. The molecule has 2 N–H and O–H groups in total. The third-order valence-electron chi connectivity index (χ3n) is 3.54. The maximum absolute atomic E-state index is 11.7. The molecule has 1 saturated carbocycles. The van der Waals surface area contributed by atoms with E-state index in [-0.39, 0.29) is 0 Å². The van der Waals surface area contributed by atoms with Gasteiger partial charge >= 0.3 is 5.97 Å². The van der Waals surface area contributed by atoms with Gasteiger partial charge in [0.25, 0.3) is 0 Å². The Kier molecular flexibility index (Phi) is 5.60. The fraction of sp³-hybridized carbons (Fsp3) is 0.929. The van der Waals surface area contributed by atoms with Crippen molar-refractivity contribution in [3.05, 3.63) is 0 Å². The fourth-order valence-corrected chi connectivity index (χ4v) is 2.69. The van der Waals surface area contributed by atoms with Crippen LogP contribution in [0.15, 0.2) is 0 Å². The van der Waals surface area contributed by atoms with E-state index in [0.717, 1.165) is 32.4 Å². The highest BCUT2D eigenvalue weighted by atomic mass is 16.4. The average molecular weight is 256 g/mol. The van der Waals surface area contributed by atoms with E-state index >= 15 is 0 Å². The number of carboxylic acids is 1. The summed E-state index contributed by atoms with van der Waals surface area (Å²) < 4.78 is 0. The first-order valence-corrected chi connectivity index (χ1v) is 7.09. The van der Waals surface area contributed by atoms with Gasteiger partial charge in [-0.2, -0.15) is 0 Å². The van der Waals surface area contributed by atoms with Crippen LogP contribution in [0, 0.1) is 11.8 Å². The lowest BCUT2D eigenvalue weighted by molar-refractivity contribution is -0.147. The minimum atomic E-state index is -0.736. The zero-order chi connectivity index (χ0) is 13.8. The van der Waals surface area contributed by atoms with Crippen molar-refractivity contribution in [2.75, 3.05) is 26.7 Å². The minimum Gasteiger partial charge on any atom is -0.480 e. The Morgan fingerprint density at radius 1 is 1.50 bits per heavy atom. The van der Waals surface area contributed by atoms with Crippen LogP contribution in [0.2, 0.25) is 0 Å². The number of carboxylic acid groups (broad SMARTS) is 1. The molecule has 0 aromatic heterocycles. The molecule has 106 valence electrons. The van der Waals surface area contributed by atoms with Gasteiger partial charge < -0.3 is 15.3 Å². The Balaban J connectivity index is 2.71. The van der Waals surface area contributed by atoms with Gasteiger partial charge in [-0.15, -0.1) is 0 Å². The summed E-state index contributed by atoms with van der Waals surface area (Å²) in [6.07, 6.45) is 3.05. The Hall–Kier alpha value is -0.610. The third-order valence-corrected chi connectivity index (χ3v) is 3.54. The summed E-state index contributed by atoms with van der Waals surface area (Å²) in [4.78, 5) is 13.9. The van der Waals surface area contributed by atoms with Crippen LogP contribution in [0.25, 0.3) is 0 Å². The van der Waals surface area contributed by atoms with Crippen LogP contribution in [-0.4, -0.2) is 48.2 Å². The average Bonchev–Trinajstić information content (AvgIpc) is 3.06. The third kappa shape index (κ3) is 3.95. The predicted molar refractivity (Wildman–Crippen MR) is 73.7 cm³/mol. The zero-order valence-corrected chi connectivity index (χ0v) is 12.2. The maximum atomic E-state index is 11.7. The van der Waals surface area contributed by atoms with Crippen LogP contribution < -0.4 is 5.32 Å². The van der Waals surface area contributed by atoms with Gasteiger partial charge in [0.1, 0.15) is 5.54 Å². The van der Waals surface area contributed by atoms with Gasteiger partial charge in [0, 0.05) is 13.1 Å². The lowest BCUT2D eigenvalue weighted by Gasteiger charge is -2.35. The molecular formula is C14H28N2O2. The number of carbonyl (C=O) groups is 1. The summed E-state index contributed by atoms with van der Waals surface area (Å²) in [6, 6.07) is 0. The summed E-state index contributed by atoms with van der Waals surface area (Å²) >= 11 is 0. The molecule has 0 aromatic carbocycles. The molecule has 1 atom stereocenters. The van der Waals surface area contributed by atoms with Crippen LogP contribution in [-0.2, 0) is 4.79 Å². The van der Waals surface area contributed by atoms with E-state index in [1.165, 1.54) is 0 Å². The molecule has 0 aliphatic heterocycles. The van der Waals surface area contributed by atoms with Gasteiger partial charge in [-0.25, -0.2) is 0 Å². The summed E-state index contributed by atoms with van der Waals surface area (Å²) in [5.74, 6) is 0.178. The summed E-state index contributed by atoms with van der Waals surface area (Å²) in [7, 11) is 2.02. The van der Waals surface area contributed by atoms with Gasteiger partial charge in [0.2, 0.25) is 0 Å². The molecular weight excluding hydrogens is 228 g/mol. The number of hydrogen-bond acceptors (Lipinski definition) is 3. The highest BCUT2D eigenvalue weighted by Crippen LogP contribution is 2.40. The second kappa shape index (κ2) is 6.53. The molecule has 18 heavy (non-hydrogen) atoms. The van der Waals surface area contributed by atoms with Crippen LogP contribution in [0.4, 0.5) is 0 Å². The number of hydrogen-bond donors (Lipinski definition) is 2. The van der Waals surface area contributed by atoms with Gasteiger partial charge in [-0.05, 0) is 44.7 Å². The van der Waals surface area contributed by atoms with Gasteiger partial charge in [-0.1, -0.05) is 20.8 Å². The molecule has 0 heterocycles. The van der Waals surface area contributed by atoms with E-state index in [0.29, 0.717) is 18.4 Å². The van der Waals surface area contributed by atoms with E-state index in [1.807, 2.05) is 7.05 Å². The molecule has 0 bridgehead atoms. The SMILES string of the molecule is CCCNC(CN(C)CC(C)C)(C(=O)O)C1CC1. The monoisotopic (exact) mass is 256 g/mol. The molecule has 1 unspecified atom stereocenters. The lowest BCUT2D eigenvalue weighted by atomic mass is 9.92. The van der Waals surface area contributed by atoms with Gasteiger partial charge in [0.05, 0.1) is 0 Å². The number of aliphatic carboxylic acids is 1. The quantitative estimate of drug-likeness (QED) is 0.660. The van der Waals surface area contributed by atoms with Gasteiger partial charge in [0.15, 0.2) is 0 Å². The first-order valence-electron chi connectivity index (χ1n) is 7.09. The Morgan fingerprint density at radius 2 is 2.11 bits per heavy atom. The highest BCUT2D eigenvalue weighted by molar-refractivity contribution is 5.80. The molecule has 0 radical (unpaired) electrons. The Bertz CT molecular complexity index is 277. The first kappa shape index (κ1) is 15.4. The predicted octanol–water partition coefficient (Wildman–Crippen LogP) is 1.81. The Morgan fingerprint density at radius 3 is 2.50 bits per heavy atom. The number of nitrogens with one attached hydrogen (secondary N) is 1. The normalized spacial score (nSPS) is 19.2. The molecule has 1 aliphatic rings. The maximum Gasteiger partial charge on any atom is 0.325 e. The fourth-order valence-electron chi connectivity index (χ4n) is 2.69. The van der Waals surface area contributed by atoms with Crippen molar-refractivity contribution in [2.45, 2.75) is 45.6 Å². The zero-order valence-electron chi connectivity index (χ0n) is 12.2. The molecule has 0 spiro atoms. The largest absolute Gasteiger partial charge is 0.480 e. The lowest BCUT2D eigenvalue weighted by Crippen LogP contribution is -2.60. The minimum absolute atomic E-state index is 0.302. The second-order valence-electron chi connectivity index (χ2n) is 6.07. The van der Waals surface area contributed by atoms with Crippen LogP contribution in [0.3, 0.4) is 0 Å². The number of likely N-dealkylation sites (N-methyl/N-ethyl adjacent to an activating group) is 1. The van der Waals surface area contributed by atoms with E-state index in [1.54, 1.807) is 0 Å². The summed E-state index contributed by atoms with van der Waals surface area (Å²) in [5.41, 5.74) is -0.736. The summed E-state index contributed by atoms with van der Waals surface area (Å²) in [5, 5.41) is 13.0. The van der Waals surface area contributed by atoms with Crippen molar-refractivity contribution in [3.8, 4) is 0 Å². The van der Waals surface area contributed by atoms with Crippen LogP contribution in [0.1, 0.15) is 40.0 Å². The van der Waals surface area contributed by atoms with Crippen molar-refractivity contribution >= 4 is 5.97 Å². The molecule has 0 amide bonds. The van der Waals surface area contributed by atoms with Gasteiger partial charge in [-0.3, -0.25) is 4.79 Å². The highest BCUT2D eigenvalue weighted by Gasteiger charge is 2.51. The molecule has 0 saturated heterocycles. The number of rotatable bonds is 9. The van der Waals surface area contributed by atoms with E-state index in [9.17, 15) is 9.90 Å². The standard InChI is InChI=1S/C14H28N2O2/c1-5-8-15-14(13(17)18,12-6-7-12)10-16(4)9-11(2)3/h11-12,15H,5-10H2,1-4H3,(H,17,18). The van der Waals surface area contributed by atoms with Crippen molar-refractivity contribution in [1.82, 2.24) is 10.2 Å². The topological polar surface area (TPSA) is 52.6 Å². The van der Waals surface area contributed by atoms with Crippen molar-refractivity contribution in [3.63, 3.8) is 0 Å². The molecule has 1 fully saturated rings. The van der Waals surface area contributed by atoms with E-state index in [4.69, 9.17) is 0 Å². The van der Waals surface area contributed by atoms with Crippen molar-refractivity contribution < 1.29 is 9.90 Å². The molecule has 1 rings (SSSR count). The number of nitrogens with zero attached hydrogens (tertiary/aromatic N) is 1. The van der Waals surface area contributed by atoms with Crippen LogP contribution in [0.5, 0.6) is 0 Å². The van der Waals surface area contributed by atoms with Crippen LogP contribution >= 0.6 is 0 Å². The summed E-state index contributed by atoms with van der Waals surface area (Å²) in [6.45, 7) is 8.72.